The molecule has 0 aliphatic heterocycles. The summed E-state index contributed by atoms with van der Waals surface area (Å²) < 4.78 is 36.2. The first kappa shape index (κ1) is 13.2. The Balaban J connectivity index is 3.23. The summed E-state index contributed by atoms with van der Waals surface area (Å²) in [5.41, 5.74) is -6.27. The van der Waals surface area contributed by atoms with Crippen molar-refractivity contribution in [2.45, 2.75) is 10.4 Å². The lowest BCUT2D eigenvalue weighted by molar-refractivity contribution is -0.396. The first-order valence-corrected chi connectivity index (χ1v) is 4.71. The highest BCUT2D eigenvalue weighted by atomic mass is 32.2. The lowest BCUT2D eigenvalue weighted by Gasteiger charge is -2.05. The Labute approximate surface area is 95.7 Å². The number of hydrogen-bond donors (Lipinski definition) is 0. The maximum absolute atomic E-state index is 12.1. The summed E-state index contributed by atoms with van der Waals surface area (Å²) in [5, 5.41) is 20.8. The molecule has 17 heavy (non-hydrogen) atoms. The smallest absolute Gasteiger partial charge is 0.258 e. The third-order valence-corrected chi connectivity index (χ3v) is 2.37. The molecule has 0 aliphatic carbocycles. The van der Waals surface area contributed by atoms with Gasteiger partial charge in [0.05, 0.1) is 20.8 Å². The van der Waals surface area contributed by atoms with E-state index in [1.807, 2.05) is 0 Å². The van der Waals surface area contributed by atoms with Crippen molar-refractivity contribution >= 4 is 23.1 Å². The predicted octanol–water partition coefficient (Wildman–Crippen LogP) is 3.11. The number of halogens is 3. The number of thioether (sulfide) groups is 1. The molecule has 1 rings (SSSR count). The minimum Gasteiger partial charge on any atom is -0.258 e. The van der Waals surface area contributed by atoms with Gasteiger partial charge in [0.1, 0.15) is 0 Å². The molecule has 1 aromatic rings. The SMILES string of the molecule is O=[N+]([O-])c1ccc(SC(F)(F)F)c([N+](=O)[O-])c1. The second kappa shape index (κ2) is 4.57. The van der Waals surface area contributed by atoms with Crippen LogP contribution in [0.5, 0.6) is 0 Å². The van der Waals surface area contributed by atoms with E-state index < -0.39 is 43.4 Å². The second-order valence-corrected chi connectivity index (χ2v) is 3.82. The number of nitro groups is 2. The van der Waals surface area contributed by atoms with E-state index in [9.17, 15) is 33.4 Å². The molecule has 6 nitrogen and oxygen atoms in total. The lowest BCUT2D eigenvalue weighted by atomic mass is 10.3. The number of hydrogen-bond acceptors (Lipinski definition) is 5. The van der Waals surface area contributed by atoms with E-state index in [1.165, 1.54) is 0 Å². The standard InChI is InChI=1S/C7H3F3N2O4S/c8-7(9,10)17-6-2-1-4(11(13)14)3-5(6)12(15)16/h1-3H. The topological polar surface area (TPSA) is 86.3 Å². The van der Waals surface area contributed by atoms with Gasteiger partial charge in [-0.2, -0.15) is 13.2 Å². The fourth-order valence-electron chi connectivity index (χ4n) is 0.973. The van der Waals surface area contributed by atoms with Crippen LogP contribution < -0.4 is 0 Å². The van der Waals surface area contributed by atoms with E-state index in [0.29, 0.717) is 12.1 Å². The molecule has 0 spiro atoms. The van der Waals surface area contributed by atoms with Crippen molar-refractivity contribution in [2.24, 2.45) is 0 Å². The molecular formula is C7H3F3N2O4S. The highest BCUT2D eigenvalue weighted by molar-refractivity contribution is 8.00. The summed E-state index contributed by atoms with van der Waals surface area (Å²) in [4.78, 5) is 18.1. The normalized spacial score (nSPS) is 11.2. The number of benzene rings is 1. The maximum atomic E-state index is 12.1. The zero-order valence-electron chi connectivity index (χ0n) is 7.80. The largest absolute Gasteiger partial charge is 0.446 e. The monoisotopic (exact) mass is 268 g/mol. The van der Waals surface area contributed by atoms with Crippen LogP contribution in [0.3, 0.4) is 0 Å². The number of rotatable bonds is 3. The van der Waals surface area contributed by atoms with Crippen molar-refractivity contribution in [1.29, 1.82) is 0 Å². The Bertz CT molecular complexity index is 477. The van der Waals surface area contributed by atoms with E-state index in [1.54, 1.807) is 0 Å². The quantitative estimate of drug-likeness (QED) is 0.477. The molecule has 0 saturated carbocycles. The molecule has 0 radical (unpaired) electrons. The summed E-state index contributed by atoms with van der Waals surface area (Å²) >= 11 is -0.688. The van der Waals surface area contributed by atoms with Gasteiger partial charge in [-0.1, -0.05) is 0 Å². The Hall–Kier alpha value is -1.84. The Morgan fingerprint density at radius 1 is 1.12 bits per heavy atom. The van der Waals surface area contributed by atoms with Gasteiger partial charge in [0.15, 0.2) is 0 Å². The summed E-state index contributed by atoms with van der Waals surface area (Å²) in [5.74, 6) is 0. The minimum atomic E-state index is -4.69. The van der Waals surface area contributed by atoms with Crippen LogP contribution in [-0.4, -0.2) is 15.4 Å². The van der Waals surface area contributed by atoms with Gasteiger partial charge >= 0.3 is 5.51 Å². The van der Waals surface area contributed by atoms with Gasteiger partial charge in [0.2, 0.25) is 0 Å². The van der Waals surface area contributed by atoms with E-state index in [-0.39, 0.29) is 0 Å². The minimum absolute atomic E-state index is 0.494. The Morgan fingerprint density at radius 2 is 1.71 bits per heavy atom. The van der Waals surface area contributed by atoms with E-state index in [2.05, 4.69) is 0 Å². The van der Waals surface area contributed by atoms with E-state index in [4.69, 9.17) is 0 Å². The molecule has 1 aromatic carbocycles. The second-order valence-electron chi connectivity index (χ2n) is 2.71. The summed E-state index contributed by atoms with van der Waals surface area (Å²) in [6.07, 6.45) is 0. The average molecular weight is 268 g/mol. The van der Waals surface area contributed by atoms with Crippen molar-refractivity contribution in [3.8, 4) is 0 Å². The van der Waals surface area contributed by atoms with E-state index in [0.717, 1.165) is 6.07 Å². The Kier molecular flexibility index (Phi) is 3.56. The third kappa shape index (κ3) is 3.59. The van der Waals surface area contributed by atoms with Crippen LogP contribution >= 0.6 is 11.8 Å². The van der Waals surface area contributed by atoms with Crippen LogP contribution in [0.15, 0.2) is 23.1 Å². The molecule has 10 heteroatoms. The van der Waals surface area contributed by atoms with Crippen molar-refractivity contribution < 1.29 is 23.0 Å². The van der Waals surface area contributed by atoms with E-state index >= 15 is 0 Å². The third-order valence-electron chi connectivity index (χ3n) is 1.58. The zero-order chi connectivity index (χ0) is 13.2. The van der Waals surface area contributed by atoms with Gasteiger partial charge in [-0.05, 0) is 17.8 Å². The predicted molar refractivity (Wildman–Crippen MR) is 51.7 cm³/mol. The highest BCUT2D eigenvalue weighted by Crippen LogP contribution is 2.42. The Morgan fingerprint density at radius 3 is 2.12 bits per heavy atom. The molecule has 0 heterocycles. The highest BCUT2D eigenvalue weighted by Gasteiger charge is 2.33. The fourth-order valence-corrected chi connectivity index (χ4v) is 1.60. The molecule has 0 aromatic heterocycles. The van der Waals surface area contributed by atoms with Gasteiger partial charge in [0, 0.05) is 6.07 Å². The molecule has 0 bridgehead atoms. The molecule has 92 valence electrons. The van der Waals surface area contributed by atoms with Crippen molar-refractivity contribution in [2.75, 3.05) is 0 Å². The summed E-state index contributed by atoms with van der Waals surface area (Å²) in [6.45, 7) is 0. The molecule has 0 unspecified atom stereocenters. The van der Waals surface area contributed by atoms with Crippen LogP contribution in [-0.2, 0) is 0 Å². The zero-order valence-corrected chi connectivity index (χ0v) is 8.62. The molecule has 0 fully saturated rings. The van der Waals surface area contributed by atoms with Crippen molar-refractivity contribution in [3.05, 3.63) is 38.4 Å². The van der Waals surface area contributed by atoms with Gasteiger partial charge < -0.3 is 0 Å². The van der Waals surface area contributed by atoms with Gasteiger partial charge in [-0.15, -0.1) is 0 Å². The van der Waals surface area contributed by atoms with Crippen LogP contribution in [0.25, 0.3) is 0 Å². The van der Waals surface area contributed by atoms with Crippen LogP contribution in [0.1, 0.15) is 0 Å². The van der Waals surface area contributed by atoms with Crippen LogP contribution in [0.4, 0.5) is 24.5 Å². The first-order chi connectivity index (χ1) is 7.70. The van der Waals surface area contributed by atoms with Crippen LogP contribution in [0, 0.1) is 20.2 Å². The van der Waals surface area contributed by atoms with Gasteiger partial charge in [-0.3, -0.25) is 20.2 Å². The molecule has 0 N–H and O–H groups in total. The fraction of sp³-hybridized carbons (Fsp3) is 0.143. The maximum Gasteiger partial charge on any atom is 0.446 e. The van der Waals surface area contributed by atoms with Gasteiger partial charge in [0.25, 0.3) is 11.4 Å². The number of alkyl halides is 3. The molecule has 0 amide bonds. The summed E-state index contributed by atoms with van der Waals surface area (Å²) in [6, 6.07) is 1.98. The lowest BCUT2D eigenvalue weighted by Crippen LogP contribution is -2.02. The number of nitro benzene ring substituents is 2. The number of nitrogens with zero attached hydrogens (tertiary/aromatic N) is 2. The molecular weight excluding hydrogens is 265 g/mol. The number of non-ortho nitro benzene ring substituents is 1. The summed E-state index contributed by atoms with van der Waals surface area (Å²) in [7, 11) is 0. The first-order valence-electron chi connectivity index (χ1n) is 3.89. The average Bonchev–Trinajstić information content (AvgIpc) is 2.14. The van der Waals surface area contributed by atoms with Gasteiger partial charge in [-0.25, -0.2) is 0 Å². The molecule has 0 atom stereocenters. The van der Waals surface area contributed by atoms with Crippen molar-refractivity contribution in [1.82, 2.24) is 0 Å². The van der Waals surface area contributed by atoms with Crippen molar-refractivity contribution in [3.63, 3.8) is 0 Å². The van der Waals surface area contributed by atoms with Crippen LogP contribution in [0.2, 0.25) is 0 Å². The molecule has 0 aliphatic rings. The molecule has 0 saturated heterocycles.